The summed E-state index contributed by atoms with van der Waals surface area (Å²) in [5, 5.41) is 1.13. The van der Waals surface area contributed by atoms with E-state index in [0.29, 0.717) is 12.3 Å². The van der Waals surface area contributed by atoms with E-state index in [2.05, 4.69) is 27.6 Å². The zero-order valence-corrected chi connectivity index (χ0v) is 16.0. The van der Waals surface area contributed by atoms with Gasteiger partial charge >= 0.3 is 5.97 Å². The number of halogens is 1. The van der Waals surface area contributed by atoms with Crippen LogP contribution in [0.15, 0.2) is 0 Å². The second kappa shape index (κ2) is 15.5. The molecule has 22 heavy (non-hydrogen) atoms. The Kier molecular flexibility index (Phi) is 15.2. The third-order valence-corrected chi connectivity index (χ3v) is 4.54. The molecule has 3 nitrogen and oxygen atoms in total. The Morgan fingerprint density at radius 2 is 1.41 bits per heavy atom. The van der Waals surface area contributed by atoms with Crippen LogP contribution in [-0.2, 0) is 14.3 Å². The number of alkyl halides is 1. The lowest BCUT2D eigenvalue weighted by Gasteiger charge is -2.10. The van der Waals surface area contributed by atoms with Crippen LogP contribution in [0.25, 0.3) is 0 Å². The number of methoxy groups -OCH3 is 1. The summed E-state index contributed by atoms with van der Waals surface area (Å²) in [5.41, 5.74) is 0. The maximum atomic E-state index is 11.6. The highest BCUT2D eigenvalue weighted by molar-refractivity contribution is 9.09. The Morgan fingerprint density at radius 3 is 1.91 bits per heavy atom. The summed E-state index contributed by atoms with van der Waals surface area (Å²) in [7, 11) is 1.32. The molecule has 0 aromatic heterocycles. The highest BCUT2D eigenvalue weighted by Crippen LogP contribution is 2.16. The van der Waals surface area contributed by atoms with Gasteiger partial charge in [-0.05, 0) is 12.3 Å². The predicted octanol–water partition coefficient (Wildman–Crippen LogP) is 5.44. The minimum absolute atomic E-state index is 0.00262. The van der Waals surface area contributed by atoms with Crippen molar-refractivity contribution >= 4 is 27.7 Å². The van der Waals surface area contributed by atoms with Crippen LogP contribution in [0.3, 0.4) is 0 Å². The van der Waals surface area contributed by atoms with Gasteiger partial charge in [-0.2, -0.15) is 0 Å². The number of hydrogen-bond donors (Lipinski definition) is 0. The molecular weight excluding hydrogens is 344 g/mol. The van der Waals surface area contributed by atoms with Gasteiger partial charge in [0.25, 0.3) is 0 Å². The maximum absolute atomic E-state index is 11.6. The maximum Gasteiger partial charge on any atom is 0.313 e. The van der Waals surface area contributed by atoms with Crippen molar-refractivity contribution in [3.05, 3.63) is 0 Å². The molecule has 1 atom stereocenters. The lowest BCUT2D eigenvalue weighted by Crippen LogP contribution is -2.12. The fraction of sp³-hybridized carbons (Fsp3) is 0.889. The van der Waals surface area contributed by atoms with E-state index in [9.17, 15) is 9.59 Å². The average molecular weight is 377 g/mol. The first kappa shape index (κ1) is 21.6. The summed E-state index contributed by atoms with van der Waals surface area (Å²) in [6, 6.07) is 0. The van der Waals surface area contributed by atoms with Crippen molar-refractivity contribution < 1.29 is 14.3 Å². The first-order valence-corrected chi connectivity index (χ1v) is 9.86. The standard InChI is InChI=1S/C18H33BrO3/c1-16(14-17(20)15-18(21)22-2)12-10-8-6-4-3-5-7-9-11-13-19/h16H,3-15H2,1-2H3. The predicted molar refractivity (Wildman–Crippen MR) is 95.4 cm³/mol. The SMILES string of the molecule is COC(=O)CC(=O)CC(C)CCCCCCCCCCCBr. The monoisotopic (exact) mass is 376 g/mol. The minimum Gasteiger partial charge on any atom is -0.469 e. The lowest BCUT2D eigenvalue weighted by molar-refractivity contribution is -0.143. The number of carbonyl (C=O) groups excluding carboxylic acids is 2. The average Bonchev–Trinajstić information content (AvgIpc) is 2.48. The molecule has 0 amide bonds. The van der Waals surface area contributed by atoms with E-state index in [1.807, 2.05) is 0 Å². The van der Waals surface area contributed by atoms with E-state index < -0.39 is 5.97 Å². The number of hydrogen-bond acceptors (Lipinski definition) is 3. The first-order valence-electron chi connectivity index (χ1n) is 8.74. The molecule has 0 saturated heterocycles. The Hall–Kier alpha value is -0.380. The number of carbonyl (C=O) groups is 2. The van der Waals surface area contributed by atoms with Crippen LogP contribution in [0.1, 0.15) is 84.0 Å². The van der Waals surface area contributed by atoms with Crippen LogP contribution < -0.4 is 0 Å². The molecule has 0 fully saturated rings. The molecule has 4 heteroatoms. The van der Waals surface area contributed by atoms with Crippen molar-refractivity contribution in [1.82, 2.24) is 0 Å². The van der Waals surface area contributed by atoms with Gasteiger partial charge < -0.3 is 4.74 Å². The van der Waals surface area contributed by atoms with Crippen LogP contribution in [0, 0.1) is 5.92 Å². The van der Waals surface area contributed by atoms with E-state index in [4.69, 9.17) is 0 Å². The molecular formula is C18H33BrO3. The van der Waals surface area contributed by atoms with Crippen LogP contribution in [0.5, 0.6) is 0 Å². The molecule has 0 N–H and O–H groups in total. The molecule has 1 unspecified atom stereocenters. The van der Waals surface area contributed by atoms with E-state index in [1.54, 1.807) is 0 Å². The molecule has 0 aliphatic heterocycles. The van der Waals surface area contributed by atoms with Crippen molar-refractivity contribution in [2.24, 2.45) is 5.92 Å². The highest BCUT2D eigenvalue weighted by atomic mass is 79.9. The fourth-order valence-corrected chi connectivity index (χ4v) is 3.02. The van der Waals surface area contributed by atoms with Gasteiger partial charge in [-0.15, -0.1) is 0 Å². The summed E-state index contributed by atoms with van der Waals surface area (Å²) in [5.74, 6) is -0.0439. The van der Waals surface area contributed by atoms with Crippen LogP contribution in [-0.4, -0.2) is 24.2 Å². The molecule has 0 spiro atoms. The van der Waals surface area contributed by atoms with Gasteiger partial charge in [-0.3, -0.25) is 9.59 Å². The van der Waals surface area contributed by atoms with Crippen molar-refractivity contribution in [2.45, 2.75) is 84.0 Å². The summed E-state index contributed by atoms with van der Waals surface area (Å²) >= 11 is 3.46. The minimum atomic E-state index is -0.423. The smallest absolute Gasteiger partial charge is 0.313 e. The number of Topliss-reactive ketones (excluding diaryl/α,β-unsaturated/α-hetero) is 1. The number of esters is 1. The van der Waals surface area contributed by atoms with E-state index in [-0.39, 0.29) is 12.2 Å². The van der Waals surface area contributed by atoms with Gasteiger partial charge in [0.2, 0.25) is 0 Å². The van der Waals surface area contributed by atoms with E-state index in [1.165, 1.54) is 64.9 Å². The number of rotatable bonds is 15. The van der Waals surface area contributed by atoms with Gasteiger partial charge in [0, 0.05) is 11.8 Å². The van der Waals surface area contributed by atoms with Crippen molar-refractivity contribution in [3.8, 4) is 0 Å². The van der Waals surface area contributed by atoms with E-state index >= 15 is 0 Å². The molecule has 0 rings (SSSR count). The molecule has 0 bridgehead atoms. The summed E-state index contributed by atoms with van der Waals surface area (Å²) in [6.45, 7) is 2.10. The third kappa shape index (κ3) is 14.6. The molecule has 0 radical (unpaired) electrons. The van der Waals surface area contributed by atoms with Gasteiger partial charge in [0.05, 0.1) is 7.11 Å². The summed E-state index contributed by atoms with van der Waals surface area (Å²) in [4.78, 5) is 22.6. The zero-order valence-electron chi connectivity index (χ0n) is 14.4. The second-order valence-electron chi connectivity index (χ2n) is 6.26. The van der Waals surface area contributed by atoms with Gasteiger partial charge in [0.15, 0.2) is 0 Å². The Balaban J connectivity index is 3.36. The summed E-state index contributed by atoms with van der Waals surface area (Å²) in [6.07, 6.45) is 13.3. The van der Waals surface area contributed by atoms with Crippen LogP contribution in [0.4, 0.5) is 0 Å². The van der Waals surface area contributed by atoms with Crippen molar-refractivity contribution in [2.75, 3.05) is 12.4 Å². The van der Waals surface area contributed by atoms with Gasteiger partial charge in [-0.25, -0.2) is 0 Å². The van der Waals surface area contributed by atoms with E-state index in [0.717, 1.165) is 11.8 Å². The largest absolute Gasteiger partial charge is 0.469 e. The van der Waals surface area contributed by atoms with Crippen molar-refractivity contribution in [1.29, 1.82) is 0 Å². The second-order valence-corrected chi connectivity index (χ2v) is 7.05. The Bertz CT molecular complexity index is 292. The number of ketones is 1. The molecule has 0 aromatic rings. The topological polar surface area (TPSA) is 43.4 Å². The quantitative estimate of drug-likeness (QED) is 0.165. The molecule has 0 aliphatic carbocycles. The number of ether oxygens (including phenoxy) is 1. The Labute approximate surface area is 144 Å². The molecule has 0 saturated carbocycles. The summed E-state index contributed by atoms with van der Waals surface area (Å²) < 4.78 is 4.51. The van der Waals surface area contributed by atoms with Crippen LogP contribution in [0.2, 0.25) is 0 Å². The lowest BCUT2D eigenvalue weighted by atomic mass is 9.96. The normalized spacial score (nSPS) is 12.1. The van der Waals surface area contributed by atoms with Gasteiger partial charge in [0.1, 0.15) is 12.2 Å². The third-order valence-electron chi connectivity index (χ3n) is 3.98. The fourth-order valence-electron chi connectivity index (χ4n) is 2.62. The molecule has 0 aliphatic rings. The highest BCUT2D eigenvalue weighted by Gasteiger charge is 2.13. The first-order chi connectivity index (χ1) is 10.6. The molecule has 130 valence electrons. The van der Waals surface area contributed by atoms with Crippen molar-refractivity contribution in [3.63, 3.8) is 0 Å². The van der Waals surface area contributed by atoms with Crippen LogP contribution >= 0.6 is 15.9 Å². The number of unbranched alkanes of at least 4 members (excludes halogenated alkanes) is 8. The zero-order chi connectivity index (χ0) is 16.6. The van der Waals surface area contributed by atoms with Gasteiger partial charge in [-0.1, -0.05) is 80.6 Å². The molecule has 0 aromatic carbocycles. The molecule has 0 heterocycles. The Morgan fingerprint density at radius 1 is 0.909 bits per heavy atom.